The first-order chi connectivity index (χ1) is 60.5. The molecule has 0 fully saturated rings. The van der Waals surface area contributed by atoms with Crippen LogP contribution in [0.4, 0.5) is 13.6 Å². The van der Waals surface area contributed by atoms with E-state index in [-0.39, 0.29) is 153 Å². The Kier molecular flexibility index (Phi) is 35.2. The summed E-state index contributed by atoms with van der Waals surface area (Å²) in [6.07, 6.45) is 7.27. The van der Waals surface area contributed by atoms with Crippen molar-refractivity contribution in [3.63, 3.8) is 0 Å². The second-order valence-corrected chi connectivity index (χ2v) is 34.3. The number of oxime groups is 2. The van der Waals surface area contributed by atoms with Crippen LogP contribution < -0.4 is 11.1 Å². The van der Waals surface area contributed by atoms with Crippen LogP contribution in [-0.4, -0.2) is 189 Å². The van der Waals surface area contributed by atoms with Crippen molar-refractivity contribution in [2.24, 2.45) is 27.9 Å². The number of aromatic carboxylic acids is 1. The molecule has 0 radical (unpaired) electrons. The van der Waals surface area contributed by atoms with E-state index in [4.69, 9.17) is 48.1 Å². The lowest BCUT2D eigenvalue weighted by Crippen LogP contribution is -2.48. The number of hydrogen-bond donors (Lipinski definition) is 4. The van der Waals surface area contributed by atoms with E-state index in [0.29, 0.717) is 131 Å². The smallest absolute Gasteiger partial charge is 0.407 e. The second-order valence-electron chi connectivity index (χ2n) is 33.5. The minimum absolute atomic E-state index is 0. The number of rotatable bonds is 35. The van der Waals surface area contributed by atoms with Gasteiger partial charge in [-0.1, -0.05) is 176 Å². The third kappa shape index (κ3) is 25.6. The number of ether oxygens (including phenoxy) is 2. The van der Waals surface area contributed by atoms with Crippen molar-refractivity contribution in [3.05, 3.63) is 258 Å². The van der Waals surface area contributed by atoms with E-state index in [1.165, 1.54) is 48.2 Å². The van der Waals surface area contributed by atoms with Crippen LogP contribution in [0.3, 0.4) is 0 Å². The van der Waals surface area contributed by atoms with E-state index in [1.54, 1.807) is 74.2 Å². The van der Waals surface area contributed by atoms with Crippen LogP contribution in [0.25, 0.3) is 11.1 Å². The van der Waals surface area contributed by atoms with Gasteiger partial charge in [0.2, 0.25) is 12.2 Å². The summed E-state index contributed by atoms with van der Waals surface area (Å²) in [6, 6.07) is 40.7. The van der Waals surface area contributed by atoms with Crippen LogP contribution in [0, 0.1) is 23.5 Å². The summed E-state index contributed by atoms with van der Waals surface area (Å²) >= 11 is 12.0. The third-order valence-corrected chi connectivity index (χ3v) is 24.0. The highest BCUT2D eigenvalue weighted by atomic mass is 35.5. The number of alkyl carbamates (subject to hydrolysis) is 1. The highest BCUT2D eigenvalue weighted by molar-refractivity contribution is 6.31. The predicted molar refractivity (Wildman–Crippen MR) is 484 cm³/mol. The number of carboxylic acid groups (broad SMARTS) is 2. The summed E-state index contributed by atoms with van der Waals surface area (Å²) in [5, 5.41) is 29.6. The third-order valence-electron chi connectivity index (χ3n) is 23.4. The van der Waals surface area contributed by atoms with E-state index in [1.807, 2.05) is 71.6 Å². The fourth-order valence-corrected chi connectivity index (χ4v) is 17.2. The molecule has 678 valence electrons. The van der Waals surface area contributed by atoms with Crippen LogP contribution in [0.2, 0.25) is 10.0 Å². The number of nitrogens with one attached hydrogen (secondary N) is 1. The Morgan fingerprint density at radius 3 is 1.45 bits per heavy atom. The summed E-state index contributed by atoms with van der Waals surface area (Å²) in [7, 11) is 0. The molecule has 3 amide bonds. The minimum atomic E-state index is -1.09. The fraction of sp³-hybridized carbons (Fsp3) is 0.404. The maximum atomic E-state index is 15.0. The van der Waals surface area contributed by atoms with Crippen molar-refractivity contribution in [1.29, 1.82) is 0 Å². The first-order valence-corrected chi connectivity index (χ1v) is 43.4. The zero-order valence-corrected chi connectivity index (χ0v) is 72.4. The second kappa shape index (κ2) is 45.8. The number of fused-ring (bicyclic) bond motifs is 2. The number of carbonyl (C=O) groups excluding carboxylic acids is 9. The average Bonchev–Trinajstić information content (AvgIpc) is 0.985. The standard InChI is InChI=1S/C55H60ClFN4O9.C42H44ClFN4O8.2CH4/c1-35(62)40(14-8-9-26-58-54(67)68-34-37-12-6-5-7-13-37)31-41(63)33-60-27-23-38(24-28-60)42-15-10-16-44-43(42)25-29-61(52(65)49-32-47(59-70-49)45-17-11-18-46(56)50(45)57)51(44)48(64)30-36-19-21-39(22-20-36)53(66)69-55(2,3)4;43-34-9-4-8-33(38(34)44)35-23-37(56-46-35)40(51)48-20-16-31-30(6-3-7-32(31)39(48)36(50)21-25-10-12-27(13-11-25)41(52)53)26-14-18-47(19-15-26)24-29(49)22-28(42(54)55)5-1-2-17-45;;/h5-7,10-13,15-23,40,49,51H,8-9,14,24-34H2,1-4H3,(H,58,67);3-4,6-14,28,37,39H,1-2,5,15-24,45H2,(H,52,53)(H,54,55);2*1H4/t40-,49-,51+;28-,37-,39+;;/m11../s1. The molecule has 0 spiro atoms. The molecule has 0 unspecified atom stereocenters. The number of benzene rings is 7. The van der Waals surface area contributed by atoms with Crippen LogP contribution in [0.15, 0.2) is 174 Å². The lowest BCUT2D eigenvalue weighted by Gasteiger charge is -2.38. The number of aliphatic carboxylic acids is 1. The Morgan fingerprint density at radius 1 is 0.547 bits per heavy atom. The number of carboxylic acids is 2. The number of nitrogens with two attached hydrogens (primary N) is 1. The molecule has 0 saturated heterocycles. The zero-order chi connectivity index (χ0) is 89.9. The van der Waals surface area contributed by atoms with Gasteiger partial charge in [-0.15, -0.1) is 0 Å². The highest BCUT2D eigenvalue weighted by Crippen LogP contribution is 2.42. The number of unbranched alkanes of at least 4 members (excludes halogenated alkanes) is 2. The maximum absolute atomic E-state index is 15.0. The molecule has 13 rings (SSSR count). The zero-order valence-electron chi connectivity index (χ0n) is 70.9. The lowest BCUT2D eigenvalue weighted by molar-refractivity contribution is -0.149. The van der Waals surface area contributed by atoms with Crippen molar-refractivity contribution in [2.45, 2.75) is 182 Å². The normalized spacial score (nSPS) is 17.6. The predicted octanol–water partition coefficient (Wildman–Crippen LogP) is 16.0. The molecule has 6 heterocycles. The number of esters is 1. The van der Waals surface area contributed by atoms with Gasteiger partial charge in [0.25, 0.3) is 11.8 Å². The molecular formula is C99H112Cl2F2N8O17. The van der Waals surface area contributed by atoms with E-state index < -0.39 is 89.2 Å². The topological polar surface area (TPSA) is 341 Å². The summed E-state index contributed by atoms with van der Waals surface area (Å²) in [5.74, 6) is -6.59. The highest BCUT2D eigenvalue weighted by Gasteiger charge is 2.45. The molecule has 6 aliphatic rings. The van der Waals surface area contributed by atoms with Crippen LogP contribution >= 0.6 is 23.2 Å². The Morgan fingerprint density at radius 2 is 1.00 bits per heavy atom. The van der Waals surface area contributed by atoms with Crippen molar-refractivity contribution >= 4 is 111 Å². The Balaban J connectivity index is 0.000000269. The van der Waals surface area contributed by atoms with Crippen molar-refractivity contribution < 1.29 is 90.9 Å². The molecule has 0 saturated carbocycles. The SMILES string of the molecule is C.C.CC(=O)[C@H](CCCCNC(=O)OCc1ccccc1)CC(=O)CN1CC=C(c2cccc3c2CCN(C(=O)[C@H]2CC(c4cccc(Cl)c4F)=NO2)[C@@H]3C(=O)Cc2ccc(C(=O)OC(C)(C)C)cc2)CC1.NCCCC[C@H](CC(=O)CN1CC=C(c2cccc3c2CCN(C(=O)[C@H]2CC(c4cccc(Cl)c4F)=NO2)[C@@H]3C(=O)Cc2ccc(C(=O)O)cc2)CC1)C(=O)O. The molecule has 7 aromatic carbocycles. The van der Waals surface area contributed by atoms with Gasteiger partial charge in [0.15, 0.2) is 23.2 Å². The number of hydrogen-bond acceptors (Lipinski definition) is 20. The van der Waals surface area contributed by atoms with Crippen molar-refractivity contribution in [3.8, 4) is 0 Å². The Bertz CT molecular complexity index is 5370. The number of halogens is 4. The first kappa shape index (κ1) is 98.4. The number of Topliss-reactive ketones (excluding diaryl/α,β-unsaturated/α-hetero) is 5. The first-order valence-electron chi connectivity index (χ1n) is 42.6. The number of nitrogens with zero attached hydrogens (tertiary/aromatic N) is 6. The van der Waals surface area contributed by atoms with Gasteiger partial charge in [0.1, 0.15) is 41.6 Å². The van der Waals surface area contributed by atoms with Gasteiger partial charge in [-0.3, -0.25) is 48.2 Å². The molecule has 0 aromatic heterocycles. The molecule has 5 N–H and O–H groups in total. The largest absolute Gasteiger partial charge is 0.481 e. The Hall–Kier alpha value is -11.8. The van der Waals surface area contributed by atoms with Gasteiger partial charge < -0.3 is 50.2 Å². The van der Waals surface area contributed by atoms with Gasteiger partial charge in [-0.2, -0.15) is 0 Å². The summed E-state index contributed by atoms with van der Waals surface area (Å²) < 4.78 is 40.6. The van der Waals surface area contributed by atoms with E-state index in [0.717, 1.165) is 39.0 Å². The average molecular weight is 1790 g/mol. The van der Waals surface area contributed by atoms with E-state index in [9.17, 15) is 67.3 Å². The van der Waals surface area contributed by atoms with E-state index in [2.05, 4.69) is 32.7 Å². The lowest BCUT2D eigenvalue weighted by atomic mass is 9.82. The van der Waals surface area contributed by atoms with Gasteiger partial charge in [-0.25, -0.2) is 23.2 Å². The van der Waals surface area contributed by atoms with Gasteiger partial charge in [0.05, 0.1) is 51.6 Å². The molecule has 29 heteroatoms. The molecule has 128 heavy (non-hydrogen) atoms. The molecule has 25 nitrogen and oxygen atoms in total. The fourth-order valence-electron chi connectivity index (χ4n) is 16.9. The molecule has 0 bridgehead atoms. The van der Waals surface area contributed by atoms with Gasteiger partial charge >= 0.3 is 24.0 Å². The molecule has 0 aliphatic carbocycles. The summed E-state index contributed by atoms with van der Waals surface area (Å²) in [4.78, 5) is 163. The number of carbonyl (C=O) groups is 11. The molecular weight excluding hydrogens is 1680 g/mol. The van der Waals surface area contributed by atoms with Crippen LogP contribution in [0.5, 0.6) is 0 Å². The van der Waals surface area contributed by atoms with E-state index >= 15 is 4.39 Å². The monoisotopic (exact) mass is 1790 g/mol. The van der Waals surface area contributed by atoms with Crippen LogP contribution in [-0.2, 0) is 89.8 Å². The van der Waals surface area contributed by atoms with Gasteiger partial charge in [-0.05, 0) is 195 Å². The van der Waals surface area contributed by atoms with Crippen LogP contribution in [0.1, 0.15) is 214 Å². The van der Waals surface area contributed by atoms with Gasteiger partial charge in [0, 0.05) is 101 Å². The van der Waals surface area contributed by atoms with Crippen molar-refractivity contribution in [2.75, 3.05) is 65.4 Å². The molecule has 6 atom stereocenters. The number of ketones is 5. The quantitative estimate of drug-likeness (QED) is 0.0212. The minimum Gasteiger partial charge on any atom is -0.481 e. The van der Waals surface area contributed by atoms with Crippen molar-refractivity contribution in [1.82, 2.24) is 24.9 Å². The summed E-state index contributed by atoms with van der Waals surface area (Å²) in [5.41, 5.74) is 15.5. The maximum Gasteiger partial charge on any atom is 0.407 e. The summed E-state index contributed by atoms with van der Waals surface area (Å²) in [6.45, 7) is 10.9. The molecule has 7 aromatic rings. The Labute approximate surface area is 755 Å². The molecule has 6 aliphatic heterocycles. The number of amides is 3.